The zero-order valence-corrected chi connectivity index (χ0v) is 15.6. The van der Waals surface area contributed by atoms with Crippen molar-refractivity contribution in [2.24, 2.45) is 0 Å². The first-order valence-electron chi connectivity index (χ1n) is 8.70. The van der Waals surface area contributed by atoms with Gasteiger partial charge in [0.25, 0.3) is 0 Å². The first-order chi connectivity index (χ1) is 13.3. The summed E-state index contributed by atoms with van der Waals surface area (Å²) in [5.41, 5.74) is -1.73. The van der Waals surface area contributed by atoms with Crippen LogP contribution in [0.5, 0.6) is 0 Å². The van der Waals surface area contributed by atoms with Gasteiger partial charge in [-0.05, 0) is 60.0 Å². The average molecular weight is 419 g/mol. The molecule has 1 atom stereocenters. The summed E-state index contributed by atoms with van der Waals surface area (Å²) in [6.45, 7) is 3.44. The lowest BCUT2D eigenvalue weighted by molar-refractivity contribution is -0.139. The largest absolute Gasteiger partial charge is 0.481 e. The average Bonchev–Trinajstić information content (AvgIpc) is 2.63. The number of carboxylic acids is 1. The van der Waals surface area contributed by atoms with Crippen LogP contribution in [0.3, 0.4) is 0 Å². The van der Waals surface area contributed by atoms with Gasteiger partial charge in [0, 0.05) is 6.54 Å². The van der Waals surface area contributed by atoms with Gasteiger partial charge in [-0.3, -0.25) is 4.79 Å². The zero-order valence-electron chi connectivity index (χ0n) is 15.6. The molecule has 2 aromatic carbocycles. The molecule has 3 nitrogen and oxygen atoms in total. The number of benzene rings is 2. The minimum atomic E-state index is -4.74. The Balaban J connectivity index is 2.71. The molecule has 29 heavy (non-hydrogen) atoms. The number of nitrogens with one attached hydrogen (secondary N) is 1. The number of alkyl halides is 6. The van der Waals surface area contributed by atoms with E-state index in [1.165, 1.54) is 13.0 Å². The molecule has 158 valence electrons. The second-order valence-electron chi connectivity index (χ2n) is 6.55. The van der Waals surface area contributed by atoms with E-state index in [2.05, 4.69) is 5.32 Å². The van der Waals surface area contributed by atoms with Crippen molar-refractivity contribution in [1.82, 2.24) is 5.32 Å². The van der Waals surface area contributed by atoms with E-state index in [0.29, 0.717) is 6.54 Å². The molecule has 0 amide bonds. The monoisotopic (exact) mass is 419 g/mol. The van der Waals surface area contributed by atoms with Gasteiger partial charge < -0.3 is 10.4 Å². The minimum absolute atomic E-state index is 0.00422. The Morgan fingerprint density at radius 1 is 1.00 bits per heavy atom. The van der Waals surface area contributed by atoms with E-state index in [9.17, 15) is 36.2 Å². The lowest BCUT2D eigenvalue weighted by Gasteiger charge is -2.18. The van der Waals surface area contributed by atoms with Crippen molar-refractivity contribution in [3.8, 4) is 11.1 Å². The van der Waals surface area contributed by atoms with E-state index < -0.39 is 35.4 Å². The summed E-state index contributed by atoms with van der Waals surface area (Å²) in [7, 11) is 0. The van der Waals surface area contributed by atoms with E-state index in [0.717, 1.165) is 30.3 Å². The fraction of sp³-hybridized carbons (Fsp3) is 0.350. The highest BCUT2D eigenvalue weighted by Crippen LogP contribution is 2.38. The van der Waals surface area contributed by atoms with E-state index in [1.54, 1.807) is 6.92 Å². The first kappa shape index (κ1) is 22.7. The van der Waals surface area contributed by atoms with Crippen molar-refractivity contribution >= 4 is 5.97 Å². The molecule has 0 radical (unpaired) electrons. The first-order valence-corrected chi connectivity index (χ1v) is 8.70. The summed E-state index contributed by atoms with van der Waals surface area (Å²) in [5.74, 6) is -2.53. The molecule has 2 rings (SSSR count). The van der Waals surface area contributed by atoms with Crippen molar-refractivity contribution in [2.75, 3.05) is 6.54 Å². The van der Waals surface area contributed by atoms with Crippen molar-refractivity contribution in [3.63, 3.8) is 0 Å². The Morgan fingerprint density at radius 3 is 2.14 bits per heavy atom. The van der Waals surface area contributed by atoms with Gasteiger partial charge in [-0.2, -0.15) is 26.3 Å². The summed E-state index contributed by atoms with van der Waals surface area (Å²) >= 11 is 0. The molecule has 9 heteroatoms. The number of rotatable bonds is 6. The summed E-state index contributed by atoms with van der Waals surface area (Å²) < 4.78 is 79.2. The van der Waals surface area contributed by atoms with Gasteiger partial charge in [-0.1, -0.05) is 19.1 Å². The van der Waals surface area contributed by atoms with Crippen LogP contribution in [0, 0.1) is 0 Å². The van der Waals surface area contributed by atoms with Gasteiger partial charge in [0.1, 0.15) is 0 Å². The predicted molar refractivity (Wildman–Crippen MR) is 95.3 cm³/mol. The molecule has 0 fully saturated rings. The van der Waals surface area contributed by atoms with Crippen molar-refractivity contribution in [2.45, 2.75) is 38.7 Å². The third-order valence-corrected chi connectivity index (χ3v) is 4.46. The molecule has 0 aliphatic carbocycles. The molecular formula is C20H19F6NO2. The van der Waals surface area contributed by atoms with Crippen molar-refractivity contribution in [1.29, 1.82) is 0 Å². The van der Waals surface area contributed by atoms with Crippen molar-refractivity contribution < 1.29 is 36.2 Å². The van der Waals surface area contributed by atoms with E-state index in [-0.39, 0.29) is 28.8 Å². The third kappa shape index (κ3) is 5.50. The maximum Gasteiger partial charge on any atom is 0.416 e. The standard InChI is InChI=1S/C20H19F6NO2/c1-3-27-10-14-9-15(19(21,22)23)4-5-17(14)13-6-12(11(2)18(28)29)7-16(8-13)20(24,25)26/h4-9,11,27H,3,10H2,1-2H3,(H,28,29)/t11-/m1/s1. The van der Waals surface area contributed by atoms with Crippen LogP contribution in [0.2, 0.25) is 0 Å². The molecule has 0 bridgehead atoms. The van der Waals surface area contributed by atoms with Crippen molar-refractivity contribution in [3.05, 3.63) is 58.7 Å². The number of carboxylic acid groups (broad SMARTS) is 1. The summed E-state index contributed by atoms with van der Waals surface area (Å²) in [4.78, 5) is 11.3. The molecule has 0 aliphatic rings. The second kappa shape index (κ2) is 8.44. The highest BCUT2D eigenvalue weighted by atomic mass is 19.4. The maximum absolute atomic E-state index is 13.3. The fourth-order valence-electron chi connectivity index (χ4n) is 2.82. The lowest BCUT2D eigenvalue weighted by Crippen LogP contribution is -2.15. The molecule has 0 aliphatic heterocycles. The molecule has 0 saturated carbocycles. The Bertz CT molecular complexity index is 890. The van der Waals surface area contributed by atoms with Gasteiger partial charge >= 0.3 is 18.3 Å². The maximum atomic E-state index is 13.3. The van der Waals surface area contributed by atoms with Gasteiger partial charge in [-0.15, -0.1) is 0 Å². The third-order valence-electron chi connectivity index (χ3n) is 4.46. The van der Waals surface area contributed by atoms with Crippen LogP contribution in [0.1, 0.15) is 42.0 Å². The molecule has 0 unspecified atom stereocenters. The van der Waals surface area contributed by atoms with Crippen LogP contribution in [-0.2, 0) is 23.7 Å². The Kier molecular flexibility index (Phi) is 6.62. The zero-order chi connectivity index (χ0) is 22.0. The van der Waals surface area contributed by atoms with E-state index in [4.69, 9.17) is 0 Å². The number of halogens is 6. The number of hydrogen-bond acceptors (Lipinski definition) is 2. The highest BCUT2D eigenvalue weighted by Gasteiger charge is 2.33. The summed E-state index contributed by atoms with van der Waals surface area (Å²) in [6, 6.07) is 5.63. The summed E-state index contributed by atoms with van der Waals surface area (Å²) in [6.07, 6.45) is -9.34. The summed E-state index contributed by atoms with van der Waals surface area (Å²) in [5, 5.41) is 12.0. The SMILES string of the molecule is CCNCc1cc(C(F)(F)F)ccc1-c1cc([C@@H](C)C(=O)O)cc(C(F)(F)F)c1. The molecule has 0 saturated heterocycles. The normalized spacial score (nSPS) is 13.4. The van der Waals surface area contributed by atoms with Crippen LogP contribution in [0.15, 0.2) is 36.4 Å². The van der Waals surface area contributed by atoms with E-state index in [1.807, 2.05) is 0 Å². The molecule has 0 aromatic heterocycles. The highest BCUT2D eigenvalue weighted by molar-refractivity contribution is 5.78. The lowest BCUT2D eigenvalue weighted by atomic mass is 9.91. The van der Waals surface area contributed by atoms with Gasteiger partial charge in [0.05, 0.1) is 17.0 Å². The Hall–Kier alpha value is -2.55. The predicted octanol–water partition coefficient (Wildman–Crippen LogP) is 5.69. The molecular weight excluding hydrogens is 400 g/mol. The molecule has 0 heterocycles. The van der Waals surface area contributed by atoms with Crippen LogP contribution in [0.4, 0.5) is 26.3 Å². The fourth-order valence-corrected chi connectivity index (χ4v) is 2.82. The minimum Gasteiger partial charge on any atom is -0.481 e. The molecule has 0 spiro atoms. The van der Waals surface area contributed by atoms with Crippen LogP contribution in [-0.4, -0.2) is 17.6 Å². The van der Waals surface area contributed by atoms with Gasteiger partial charge in [0.2, 0.25) is 0 Å². The number of hydrogen-bond donors (Lipinski definition) is 2. The second-order valence-corrected chi connectivity index (χ2v) is 6.55. The number of aliphatic carboxylic acids is 1. The number of carbonyl (C=O) groups is 1. The quantitative estimate of drug-likeness (QED) is 0.592. The Labute approximate surface area is 163 Å². The van der Waals surface area contributed by atoms with Crippen LogP contribution >= 0.6 is 0 Å². The topological polar surface area (TPSA) is 49.3 Å². The van der Waals surface area contributed by atoms with Gasteiger partial charge in [-0.25, -0.2) is 0 Å². The van der Waals surface area contributed by atoms with Gasteiger partial charge in [0.15, 0.2) is 0 Å². The Morgan fingerprint density at radius 2 is 1.62 bits per heavy atom. The van der Waals surface area contributed by atoms with Crippen LogP contribution in [0.25, 0.3) is 11.1 Å². The molecule has 2 aromatic rings. The van der Waals surface area contributed by atoms with E-state index >= 15 is 0 Å². The smallest absolute Gasteiger partial charge is 0.416 e. The molecule has 2 N–H and O–H groups in total. The van der Waals surface area contributed by atoms with Crippen LogP contribution < -0.4 is 5.32 Å².